The summed E-state index contributed by atoms with van der Waals surface area (Å²) in [6, 6.07) is 4.77. The number of benzene rings is 1. The minimum absolute atomic E-state index is 0.00151. The largest absolute Gasteiger partial charge is 0.478 e. The predicted octanol–water partition coefficient (Wildman–Crippen LogP) is -0.330. The number of hydrogen-bond donors (Lipinski definition) is 3. The van der Waals surface area contributed by atoms with E-state index in [0.717, 1.165) is 0 Å². The summed E-state index contributed by atoms with van der Waals surface area (Å²) in [4.78, 5) is 10.6. The molecule has 0 saturated carbocycles. The summed E-state index contributed by atoms with van der Waals surface area (Å²) in [7, 11) is -2.38. The number of aliphatic hydroxyl groups excluding tert-OH is 1. The van der Waals surface area contributed by atoms with Crippen LogP contribution in [0.4, 0.5) is 0 Å². The van der Waals surface area contributed by atoms with Gasteiger partial charge in [0.1, 0.15) is 0 Å². The number of nitrogens with one attached hydrogen (secondary N) is 1. The van der Waals surface area contributed by atoms with Gasteiger partial charge in [-0.25, -0.2) is 17.9 Å². The van der Waals surface area contributed by atoms with Crippen molar-refractivity contribution in [1.82, 2.24) is 4.72 Å². The molecule has 0 aliphatic rings. The minimum Gasteiger partial charge on any atom is -0.478 e. The summed E-state index contributed by atoms with van der Waals surface area (Å²) in [5, 5.41) is 18.0. The summed E-state index contributed by atoms with van der Waals surface area (Å²) < 4.78 is 30.5. The molecule has 3 N–H and O–H groups in total. The first-order valence-corrected chi connectivity index (χ1v) is 6.85. The van der Waals surface area contributed by atoms with Gasteiger partial charge in [0.25, 0.3) is 0 Å². The molecule has 106 valence electrons. The fourth-order valence-corrected chi connectivity index (χ4v) is 2.39. The molecule has 1 unspecified atom stereocenters. The van der Waals surface area contributed by atoms with Crippen molar-refractivity contribution in [2.45, 2.75) is 11.0 Å². The zero-order valence-corrected chi connectivity index (χ0v) is 11.1. The molecule has 0 radical (unpaired) electrons. The Labute approximate surface area is 110 Å². The Bertz CT molecular complexity index is 525. The highest BCUT2D eigenvalue weighted by atomic mass is 32.2. The maximum atomic E-state index is 11.8. The third-order valence-corrected chi connectivity index (χ3v) is 3.72. The Morgan fingerprint density at radius 1 is 1.37 bits per heavy atom. The van der Waals surface area contributed by atoms with Crippen molar-refractivity contribution in [2.75, 3.05) is 20.3 Å². The van der Waals surface area contributed by atoms with Crippen molar-refractivity contribution in [1.29, 1.82) is 0 Å². The first-order chi connectivity index (χ1) is 8.86. The number of aromatic carboxylic acids is 1. The van der Waals surface area contributed by atoms with Crippen molar-refractivity contribution in [3.8, 4) is 0 Å². The topological polar surface area (TPSA) is 113 Å². The Morgan fingerprint density at radius 2 is 1.95 bits per heavy atom. The van der Waals surface area contributed by atoms with Crippen LogP contribution in [0.5, 0.6) is 0 Å². The van der Waals surface area contributed by atoms with Gasteiger partial charge in [0.05, 0.1) is 23.2 Å². The number of carboxylic acid groups (broad SMARTS) is 1. The van der Waals surface area contributed by atoms with Gasteiger partial charge >= 0.3 is 5.97 Å². The lowest BCUT2D eigenvalue weighted by Crippen LogP contribution is -2.34. The van der Waals surface area contributed by atoms with E-state index in [4.69, 9.17) is 5.11 Å². The second-order valence-corrected chi connectivity index (χ2v) is 5.56. The Kier molecular flexibility index (Phi) is 5.43. The second kappa shape index (κ2) is 6.62. The van der Waals surface area contributed by atoms with E-state index in [1.165, 1.54) is 31.4 Å². The molecule has 0 aliphatic carbocycles. The highest BCUT2D eigenvalue weighted by Crippen LogP contribution is 2.10. The molecule has 7 nitrogen and oxygen atoms in total. The van der Waals surface area contributed by atoms with Gasteiger partial charge in [0.2, 0.25) is 10.0 Å². The monoisotopic (exact) mass is 289 g/mol. The first-order valence-electron chi connectivity index (χ1n) is 5.37. The summed E-state index contributed by atoms with van der Waals surface area (Å²) >= 11 is 0. The Balaban J connectivity index is 2.74. The molecule has 0 amide bonds. The normalized spacial score (nSPS) is 13.2. The second-order valence-electron chi connectivity index (χ2n) is 3.79. The van der Waals surface area contributed by atoms with Crippen molar-refractivity contribution >= 4 is 16.0 Å². The molecule has 1 aromatic rings. The number of carboxylic acids is 1. The molecule has 0 fully saturated rings. The van der Waals surface area contributed by atoms with E-state index >= 15 is 0 Å². The fourth-order valence-electron chi connectivity index (χ4n) is 1.32. The third-order valence-electron chi connectivity index (χ3n) is 2.28. The lowest BCUT2D eigenvalue weighted by molar-refractivity contribution is 0.0679. The lowest BCUT2D eigenvalue weighted by atomic mass is 10.2. The van der Waals surface area contributed by atoms with E-state index in [-0.39, 0.29) is 23.6 Å². The van der Waals surface area contributed by atoms with Crippen LogP contribution in [-0.2, 0) is 14.8 Å². The quantitative estimate of drug-likeness (QED) is 0.633. The predicted molar refractivity (Wildman–Crippen MR) is 66.5 cm³/mol. The summed E-state index contributed by atoms with van der Waals surface area (Å²) in [5.41, 5.74) is -0.00151. The minimum atomic E-state index is -3.77. The first kappa shape index (κ1) is 15.6. The van der Waals surface area contributed by atoms with Crippen LogP contribution in [0.3, 0.4) is 0 Å². The summed E-state index contributed by atoms with van der Waals surface area (Å²) in [6.45, 7) is -0.169. The standard InChI is InChI=1S/C11H15NO6S/c1-18-7-9(13)6-12-19(16,17)10-4-2-8(3-5-10)11(14)15/h2-5,9,12-13H,6-7H2,1H3,(H,14,15). The van der Waals surface area contributed by atoms with Gasteiger partial charge in [-0.3, -0.25) is 0 Å². The molecular weight excluding hydrogens is 274 g/mol. The zero-order valence-electron chi connectivity index (χ0n) is 10.2. The molecule has 8 heteroatoms. The van der Waals surface area contributed by atoms with E-state index in [1.807, 2.05) is 0 Å². The van der Waals surface area contributed by atoms with Crippen LogP contribution in [0.25, 0.3) is 0 Å². The Hall–Kier alpha value is -1.48. The number of methoxy groups -OCH3 is 1. The summed E-state index contributed by atoms with van der Waals surface area (Å²) in [5.74, 6) is -1.13. The average molecular weight is 289 g/mol. The molecule has 0 heterocycles. The van der Waals surface area contributed by atoms with E-state index < -0.39 is 22.1 Å². The number of ether oxygens (including phenoxy) is 1. The number of rotatable bonds is 7. The van der Waals surface area contributed by atoms with Crippen LogP contribution in [0.1, 0.15) is 10.4 Å². The molecule has 19 heavy (non-hydrogen) atoms. The van der Waals surface area contributed by atoms with E-state index in [1.54, 1.807) is 0 Å². The molecule has 1 rings (SSSR count). The van der Waals surface area contributed by atoms with Gasteiger partial charge in [0.15, 0.2) is 0 Å². The zero-order chi connectivity index (χ0) is 14.5. The average Bonchev–Trinajstić information content (AvgIpc) is 2.37. The molecule has 0 aliphatic heterocycles. The SMILES string of the molecule is COCC(O)CNS(=O)(=O)c1ccc(C(=O)O)cc1. The molecule has 0 aromatic heterocycles. The lowest BCUT2D eigenvalue weighted by Gasteiger charge is -2.11. The van der Waals surface area contributed by atoms with Gasteiger partial charge in [0, 0.05) is 13.7 Å². The molecule has 0 saturated heterocycles. The molecule has 0 spiro atoms. The fraction of sp³-hybridized carbons (Fsp3) is 0.364. The van der Waals surface area contributed by atoms with Crippen LogP contribution < -0.4 is 4.72 Å². The maximum absolute atomic E-state index is 11.8. The molecule has 1 atom stereocenters. The number of hydrogen-bond acceptors (Lipinski definition) is 5. The van der Waals surface area contributed by atoms with E-state index in [0.29, 0.717) is 0 Å². The van der Waals surface area contributed by atoms with Crippen LogP contribution >= 0.6 is 0 Å². The van der Waals surface area contributed by atoms with Crippen molar-refractivity contribution in [3.63, 3.8) is 0 Å². The van der Waals surface area contributed by atoms with Crippen molar-refractivity contribution in [3.05, 3.63) is 29.8 Å². The van der Waals surface area contributed by atoms with Gasteiger partial charge in [-0.15, -0.1) is 0 Å². The number of sulfonamides is 1. The molecule has 1 aromatic carbocycles. The highest BCUT2D eigenvalue weighted by Gasteiger charge is 2.16. The van der Waals surface area contributed by atoms with Crippen LogP contribution in [0.15, 0.2) is 29.2 Å². The number of carbonyl (C=O) groups is 1. The van der Waals surface area contributed by atoms with Crippen molar-refractivity contribution < 1.29 is 28.2 Å². The molecule has 0 bridgehead atoms. The maximum Gasteiger partial charge on any atom is 0.335 e. The van der Waals surface area contributed by atoms with Gasteiger partial charge in [-0.1, -0.05) is 0 Å². The van der Waals surface area contributed by atoms with Crippen molar-refractivity contribution in [2.24, 2.45) is 0 Å². The summed E-state index contributed by atoms with van der Waals surface area (Å²) in [6.07, 6.45) is -0.946. The third kappa shape index (κ3) is 4.60. The van der Waals surface area contributed by atoms with Crippen LogP contribution in [-0.4, -0.2) is 51.0 Å². The van der Waals surface area contributed by atoms with Crippen LogP contribution in [0.2, 0.25) is 0 Å². The Morgan fingerprint density at radius 3 is 2.42 bits per heavy atom. The molecular formula is C11H15NO6S. The van der Waals surface area contributed by atoms with E-state index in [2.05, 4.69) is 9.46 Å². The van der Waals surface area contributed by atoms with E-state index in [9.17, 15) is 18.3 Å². The van der Waals surface area contributed by atoms with Gasteiger partial charge in [-0.05, 0) is 24.3 Å². The van der Waals surface area contributed by atoms with Gasteiger partial charge in [-0.2, -0.15) is 0 Å². The van der Waals surface area contributed by atoms with Gasteiger partial charge < -0.3 is 14.9 Å². The smallest absolute Gasteiger partial charge is 0.335 e. The number of aliphatic hydroxyl groups is 1. The van der Waals surface area contributed by atoms with Crippen LogP contribution in [0, 0.1) is 0 Å². The highest BCUT2D eigenvalue weighted by molar-refractivity contribution is 7.89.